The molecule has 1 heterocycles. The Morgan fingerprint density at radius 2 is 1.63 bits per heavy atom. The topological polar surface area (TPSA) is 203 Å². The summed E-state index contributed by atoms with van der Waals surface area (Å²) in [5.41, 5.74) is 6.94. The molecule has 1 aliphatic carbocycles. The van der Waals surface area contributed by atoms with Gasteiger partial charge in [-0.2, -0.15) is 8.42 Å². The van der Waals surface area contributed by atoms with Gasteiger partial charge in [0.1, 0.15) is 11.9 Å². The lowest BCUT2D eigenvalue weighted by molar-refractivity contribution is -0.150. The highest BCUT2D eigenvalue weighted by Gasteiger charge is 2.42. The fourth-order valence-electron chi connectivity index (χ4n) is 4.92. The van der Waals surface area contributed by atoms with E-state index in [1.165, 1.54) is 12.1 Å². The molecule has 2 aliphatic rings. The van der Waals surface area contributed by atoms with E-state index in [2.05, 4.69) is 10.6 Å². The molecule has 0 bridgehead atoms. The molecule has 2 aromatic rings. The van der Waals surface area contributed by atoms with Crippen molar-refractivity contribution in [2.75, 3.05) is 13.1 Å². The number of amides is 2. The first-order chi connectivity index (χ1) is 19.5. The smallest absolute Gasteiger partial charge is 0.317 e. The molecule has 2 fully saturated rings. The minimum absolute atomic E-state index is 0.0109. The Bertz CT molecular complexity index is 1310. The second-order valence-corrected chi connectivity index (χ2v) is 11.5. The van der Waals surface area contributed by atoms with Gasteiger partial charge in [0.25, 0.3) is 10.1 Å². The average Bonchev–Trinajstić information content (AvgIpc) is 2.92. The summed E-state index contributed by atoms with van der Waals surface area (Å²) in [6.45, 7) is 0.551. The number of amidine groups is 1. The average molecular weight is 588 g/mol. The molecule has 2 aromatic carbocycles. The van der Waals surface area contributed by atoms with Gasteiger partial charge in [0, 0.05) is 18.7 Å². The van der Waals surface area contributed by atoms with Crippen LogP contribution in [0.2, 0.25) is 0 Å². The molecule has 12 nitrogen and oxygen atoms in total. The van der Waals surface area contributed by atoms with Gasteiger partial charge in [-0.1, -0.05) is 61.7 Å². The number of benzene rings is 2. The number of nitrogen functional groups attached to an aromatic ring is 1. The molecular formula is C28H37N5O7S. The number of carbonyl (C=O) groups is 3. The van der Waals surface area contributed by atoms with Gasteiger partial charge in [-0.3, -0.25) is 29.7 Å². The Morgan fingerprint density at radius 1 is 1.00 bits per heavy atom. The van der Waals surface area contributed by atoms with Crippen molar-refractivity contribution in [3.8, 4) is 0 Å². The second-order valence-electron chi connectivity index (χ2n) is 10.1. The monoisotopic (exact) mass is 587 g/mol. The number of nitrogens with one attached hydrogen (secondary N) is 3. The predicted molar refractivity (Wildman–Crippen MR) is 152 cm³/mol. The summed E-state index contributed by atoms with van der Waals surface area (Å²) in [5, 5.41) is 22.3. The van der Waals surface area contributed by atoms with E-state index in [-0.39, 0.29) is 35.0 Å². The largest absolute Gasteiger partial charge is 0.480 e. The van der Waals surface area contributed by atoms with E-state index in [0.29, 0.717) is 25.1 Å². The Balaban J connectivity index is 0.000000389. The van der Waals surface area contributed by atoms with Gasteiger partial charge in [-0.15, -0.1) is 0 Å². The Kier molecular flexibility index (Phi) is 11.4. The van der Waals surface area contributed by atoms with E-state index >= 15 is 0 Å². The lowest BCUT2D eigenvalue weighted by Crippen LogP contribution is -2.63. The first-order valence-corrected chi connectivity index (χ1v) is 14.9. The molecule has 222 valence electrons. The normalized spacial score (nSPS) is 17.8. The van der Waals surface area contributed by atoms with Crippen molar-refractivity contribution in [1.82, 2.24) is 15.5 Å². The van der Waals surface area contributed by atoms with Gasteiger partial charge in [0.2, 0.25) is 11.8 Å². The van der Waals surface area contributed by atoms with Gasteiger partial charge >= 0.3 is 5.97 Å². The highest BCUT2D eigenvalue weighted by Crippen LogP contribution is 2.29. The highest BCUT2D eigenvalue weighted by atomic mass is 32.2. The first kappa shape index (κ1) is 31.7. The third kappa shape index (κ3) is 9.37. The molecule has 0 spiro atoms. The van der Waals surface area contributed by atoms with Crippen LogP contribution in [0.25, 0.3) is 0 Å². The van der Waals surface area contributed by atoms with Gasteiger partial charge in [-0.25, -0.2) is 0 Å². The van der Waals surface area contributed by atoms with Gasteiger partial charge in [-0.05, 0) is 42.9 Å². The van der Waals surface area contributed by atoms with Gasteiger partial charge < -0.3 is 21.1 Å². The second kappa shape index (κ2) is 14.7. The Hall–Kier alpha value is -3.81. The standard InChI is InChI=1S/C22H31N5O4.C6H6O3S/c23-20(24)16-8-6-14(7-9-16)12-26-21(30)17-10-11-27(17)22(31)19(25-13-18(28)29)15-4-2-1-3-5-15;7-10(8,9)6-4-2-1-3-5-6/h6-9,15,17,19,25H,1-5,10-13H2,(H3,23,24)(H,26,30)(H,28,29);1-5H,(H,7,8,9)/t17-,19?;/m0./s1. The number of carbonyl (C=O) groups excluding carboxylic acids is 2. The minimum Gasteiger partial charge on any atom is -0.480 e. The van der Waals surface area contributed by atoms with E-state index in [1.807, 2.05) is 0 Å². The van der Waals surface area contributed by atoms with Crippen molar-refractivity contribution in [2.24, 2.45) is 11.7 Å². The molecule has 1 aliphatic heterocycles. The third-order valence-electron chi connectivity index (χ3n) is 7.24. The Labute approximate surface area is 239 Å². The number of carboxylic acid groups (broad SMARTS) is 1. The van der Waals surface area contributed by atoms with Crippen molar-refractivity contribution in [3.63, 3.8) is 0 Å². The van der Waals surface area contributed by atoms with Crippen LogP contribution in [0.5, 0.6) is 0 Å². The summed E-state index contributed by atoms with van der Waals surface area (Å²) in [4.78, 5) is 38.4. The summed E-state index contributed by atoms with van der Waals surface area (Å²) in [5.74, 6) is -1.29. The zero-order valence-electron chi connectivity index (χ0n) is 22.7. The molecule has 2 atom stereocenters. The molecule has 41 heavy (non-hydrogen) atoms. The highest BCUT2D eigenvalue weighted by molar-refractivity contribution is 7.85. The molecule has 1 saturated carbocycles. The minimum atomic E-state index is -4.00. The maximum atomic E-state index is 13.2. The Morgan fingerprint density at radius 3 is 2.12 bits per heavy atom. The number of likely N-dealkylation sites (tertiary alicyclic amines) is 1. The van der Waals surface area contributed by atoms with Crippen LogP contribution in [0.3, 0.4) is 0 Å². The third-order valence-corrected chi connectivity index (χ3v) is 8.11. The summed E-state index contributed by atoms with van der Waals surface area (Å²) in [7, 11) is -4.00. The number of nitrogens with two attached hydrogens (primary N) is 1. The van der Waals surface area contributed by atoms with Crippen molar-refractivity contribution >= 4 is 33.7 Å². The maximum absolute atomic E-state index is 13.2. The number of rotatable bonds is 10. The summed E-state index contributed by atoms with van der Waals surface area (Å²) < 4.78 is 29.2. The van der Waals surface area contributed by atoms with Crippen LogP contribution in [-0.4, -0.2) is 71.8 Å². The van der Waals surface area contributed by atoms with Gasteiger partial charge in [0.15, 0.2) is 0 Å². The summed E-state index contributed by atoms with van der Waals surface area (Å²) >= 11 is 0. The number of hydrogen-bond donors (Lipinski definition) is 6. The van der Waals surface area contributed by atoms with Crippen molar-refractivity contribution < 1.29 is 32.5 Å². The van der Waals surface area contributed by atoms with Crippen molar-refractivity contribution in [2.45, 2.75) is 62.0 Å². The lowest BCUT2D eigenvalue weighted by atomic mass is 9.82. The molecule has 1 saturated heterocycles. The van der Waals surface area contributed by atoms with Crippen LogP contribution in [0, 0.1) is 11.3 Å². The van der Waals surface area contributed by atoms with Crippen LogP contribution in [0.1, 0.15) is 49.7 Å². The first-order valence-electron chi connectivity index (χ1n) is 13.5. The van der Waals surface area contributed by atoms with Crippen LogP contribution in [-0.2, 0) is 31.0 Å². The molecule has 0 radical (unpaired) electrons. The van der Waals surface area contributed by atoms with E-state index in [9.17, 15) is 22.8 Å². The summed E-state index contributed by atoms with van der Waals surface area (Å²) in [6, 6.07) is 13.4. The van der Waals surface area contributed by atoms with Crippen LogP contribution in [0.15, 0.2) is 59.5 Å². The summed E-state index contributed by atoms with van der Waals surface area (Å²) in [6.07, 6.45) is 5.59. The molecule has 13 heteroatoms. The lowest BCUT2D eigenvalue weighted by Gasteiger charge is -2.43. The molecule has 4 rings (SSSR count). The number of nitrogens with zero attached hydrogens (tertiary/aromatic N) is 1. The number of hydrogen-bond acceptors (Lipinski definition) is 7. The van der Waals surface area contributed by atoms with Crippen molar-refractivity contribution in [3.05, 3.63) is 65.7 Å². The molecular weight excluding hydrogens is 550 g/mol. The van der Waals surface area contributed by atoms with Crippen LogP contribution >= 0.6 is 0 Å². The zero-order valence-corrected chi connectivity index (χ0v) is 23.5. The fourth-order valence-corrected chi connectivity index (χ4v) is 5.43. The fraction of sp³-hybridized carbons (Fsp3) is 0.429. The molecule has 7 N–H and O–H groups in total. The quantitative estimate of drug-likeness (QED) is 0.136. The van der Waals surface area contributed by atoms with E-state index in [0.717, 1.165) is 37.7 Å². The van der Waals surface area contributed by atoms with Crippen LogP contribution in [0.4, 0.5) is 0 Å². The predicted octanol–water partition coefficient (Wildman–Crippen LogP) is 1.74. The van der Waals surface area contributed by atoms with E-state index in [1.54, 1.807) is 47.4 Å². The zero-order chi connectivity index (χ0) is 30.0. The van der Waals surface area contributed by atoms with Crippen molar-refractivity contribution in [1.29, 1.82) is 5.41 Å². The number of aliphatic carboxylic acids is 1. The SMILES string of the molecule is N=C(N)c1ccc(CNC(=O)[C@@H]2CCN2C(=O)C(NCC(=O)O)C2CCCCC2)cc1.O=S(=O)(O)c1ccccc1. The van der Waals surface area contributed by atoms with Gasteiger partial charge in [0.05, 0.1) is 17.5 Å². The maximum Gasteiger partial charge on any atom is 0.317 e. The molecule has 1 unspecified atom stereocenters. The number of carboxylic acids is 1. The van der Waals surface area contributed by atoms with E-state index < -0.39 is 28.2 Å². The van der Waals surface area contributed by atoms with Crippen LogP contribution < -0.4 is 16.4 Å². The van der Waals surface area contributed by atoms with E-state index in [4.69, 9.17) is 20.8 Å². The molecule has 2 amide bonds. The molecule has 0 aromatic heterocycles.